The number of hydrogen-bond acceptors (Lipinski definition) is 3. The van der Waals surface area contributed by atoms with Crippen molar-refractivity contribution >= 4 is 39.3 Å². The second kappa shape index (κ2) is 5.83. The van der Waals surface area contributed by atoms with Gasteiger partial charge in [-0.3, -0.25) is 4.79 Å². The molecule has 2 N–H and O–H groups in total. The Morgan fingerprint density at radius 3 is 2.90 bits per heavy atom. The van der Waals surface area contributed by atoms with Crippen molar-refractivity contribution in [3.8, 4) is 0 Å². The molecule has 1 aliphatic heterocycles. The van der Waals surface area contributed by atoms with E-state index in [-0.39, 0.29) is 5.91 Å². The number of thioether (sulfide) groups is 1. The van der Waals surface area contributed by atoms with E-state index < -0.39 is 6.10 Å². The summed E-state index contributed by atoms with van der Waals surface area (Å²) in [6, 6.07) is 12.1. The number of amides is 1. The Hall–Kier alpha value is -1.30. The molecule has 0 bridgehead atoms. The number of aliphatic hydroxyl groups excluding tert-OH is 1. The fraction of sp³-hybridized carbons (Fsp3) is 0.188. The molecule has 3 rings (SSSR count). The van der Waals surface area contributed by atoms with E-state index in [1.165, 1.54) is 11.1 Å². The number of aryl methyl sites for hydroxylation is 1. The zero-order valence-corrected chi connectivity index (χ0v) is 13.8. The van der Waals surface area contributed by atoms with Crippen LogP contribution in [0.15, 0.2) is 45.8 Å². The summed E-state index contributed by atoms with van der Waals surface area (Å²) in [7, 11) is 0. The maximum absolute atomic E-state index is 11.5. The average Bonchev–Trinajstić information content (AvgIpc) is 2.72. The largest absolute Gasteiger partial charge is 0.378 e. The first kappa shape index (κ1) is 14.6. The molecule has 1 heterocycles. The molecular formula is C16H14BrNO2S. The number of rotatable bonds is 3. The van der Waals surface area contributed by atoms with Crippen LogP contribution in [0.2, 0.25) is 0 Å². The van der Waals surface area contributed by atoms with Gasteiger partial charge in [0.15, 0.2) is 6.10 Å². The van der Waals surface area contributed by atoms with Crippen molar-refractivity contribution in [1.82, 2.24) is 0 Å². The van der Waals surface area contributed by atoms with Crippen molar-refractivity contribution in [2.75, 3.05) is 5.32 Å². The van der Waals surface area contributed by atoms with Gasteiger partial charge in [-0.2, -0.15) is 0 Å². The summed E-state index contributed by atoms with van der Waals surface area (Å²) in [5, 5.41) is 12.5. The molecule has 2 aromatic rings. The van der Waals surface area contributed by atoms with E-state index in [0.29, 0.717) is 11.3 Å². The second-order valence-electron chi connectivity index (χ2n) is 5.04. The fourth-order valence-electron chi connectivity index (χ4n) is 2.32. The smallest absolute Gasteiger partial charge is 0.257 e. The normalized spacial score (nSPS) is 16.7. The third-order valence-electron chi connectivity index (χ3n) is 3.38. The highest BCUT2D eigenvalue weighted by Crippen LogP contribution is 2.39. The third kappa shape index (κ3) is 3.00. The lowest BCUT2D eigenvalue weighted by molar-refractivity contribution is -0.123. The van der Waals surface area contributed by atoms with Crippen molar-refractivity contribution in [1.29, 1.82) is 0 Å². The molecule has 3 nitrogen and oxygen atoms in total. The van der Waals surface area contributed by atoms with Crippen molar-refractivity contribution in [3.05, 3.63) is 57.6 Å². The number of carbonyl (C=O) groups is 1. The van der Waals surface area contributed by atoms with Gasteiger partial charge in [0.25, 0.3) is 5.91 Å². The molecular weight excluding hydrogens is 350 g/mol. The fourth-order valence-corrected chi connectivity index (χ4v) is 3.92. The first-order valence-corrected chi connectivity index (χ1v) is 8.33. The first-order chi connectivity index (χ1) is 10.0. The standard InChI is InChI=1S/C16H14BrNO2S/c1-9-3-2-4-10(5-9)8-21-14-7-13-11(6-12(14)17)15(19)16(20)18-13/h2-7,15,19H,8H2,1H3,(H,18,20). The van der Waals surface area contributed by atoms with Crippen LogP contribution in [-0.2, 0) is 10.5 Å². The summed E-state index contributed by atoms with van der Waals surface area (Å²) >= 11 is 5.21. The van der Waals surface area contributed by atoms with Crippen molar-refractivity contribution in [2.45, 2.75) is 23.7 Å². The summed E-state index contributed by atoms with van der Waals surface area (Å²) < 4.78 is 0.898. The van der Waals surface area contributed by atoms with Gasteiger partial charge in [0.05, 0.1) is 0 Å². The minimum atomic E-state index is -1.06. The Kier molecular flexibility index (Phi) is 4.06. The van der Waals surface area contributed by atoms with Gasteiger partial charge in [0, 0.05) is 26.4 Å². The molecule has 1 unspecified atom stereocenters. The lowest BCUT2D eigenvalue weighted by atomic mass is 10.1. The van der Waals surface area contributed by atoms with Gasteiger partial charge in [-0.25, -0.2) is 0 Å². The van der Waals surface area contributed by atoms with E-state index in [9.17, 15) is 9.90 Å². The molecule has 1 atom stereocenters. The van der Waals surface area contributed by atoms with Gasteiger partial charge in [-0.1, -0.05) is 29.8 Å². The van der Waals surface area contributed by atoms with Crippen LogP contribution >= 0.6 is 27.7 Å². The van der Waals surface area contributed by atoms with E-state index in [0.717, 1.165) is 15.1 Å². The number of aliphatic hydroxyl groups is 1. The van der Waals surface area contributed by atoms with Crippen LogP contribution in [0.5, 0.6) is 0 Å². The number of benzene rings is 2. The van der Waals surface area contributed by atoms with Gasteiger partial charge in [-0.05, 0) is 40.5 Å². The summed E-state index contributed by atoms with van der Waals surface area (Å²) in [6.45, 7) is 2.08. The highest BCUT2D eigenvalue weighted by atomic mass is 79.9. The van der Waals surface area contributed by atoms with Crippen LogP contribution in [-0.4, -0.2) is 11.0 Å². The number of halogens is 1. The van der Waals surface area contributed by atoms with Gasteiger partial charge in [0.1, 0.15) is 0 Å². The van der Waals surface area contributed by atoms with Crippen LogP contribution in [0.1, 0.15) is 22.8 Å². The predicted octanol–water partition coefficient (Wildman–Crippen LogP) is 4.04. The predicted molar refractivity (Wildman–Crippen MR) is 88.5 cm³/mol. The van der Waals surface area contributed by atoms with Crippen molar-refractivity contribution < 1.29 is 9.90 Å². The summed E-state index contributed by atoms with van der Waals surface area (Å²) in [6.07, 6.45) is -1.06. The molecule has 1 amide bonds. The highest BCUT2D eigenvalue weighted by Gasteiger charge is 2.29. The average molecular weight is 364 g/mol. The number of carbonyl (C=O) groups excluding carboxylic acids is 1. The molecule has 0 aliphatic carbocycles. The maximum atomic E-state index is 11.5. The molecule has 108 valence electrons. The Morgan fingerprint density at radius 1 is 1.33 bits per heavy atom. The topological polar surface area (TPSA) is 49.3 Å². The summed E-state index contributed by atoms with van der Waals surface area (Å²) in [5.41, 5.74) is 3.84. The number of fused-ring (bicyclic) bond motifs is 1. The number of anilines is 1. The van der Waals surface area contributed by atoms with Crippen LogP contribution in [0, 0.1) is 6.92 Å². The van der Waals surface area contributed by atoms with E-state index in [1.54, 1.807) is 11.8 Å². The lowest BCUT2D eigenvalue weighted by Crippen LogP contribution is -2.10. The van der Waals surface area contributed by atoms with Crippen molar-refractivity contribution in [2.24, 2.45) is 0 Å². The van der Waals surface area contributed by atoms with Crippen LogP contribution < -0.4 is 5.32 Å². The molecule has 0 fully saturated rings. The molecule has 0 radical (unpaired) electrons. The summed E-state index contributed by atoms with van der Waals surface area (Å²) in [4.78, 5) is 12.5. The second-order valence-corrected chi connectivity index (χ2v) is 6.91. The minimum absolute atomic E-state index is 0.363. The highest BCUT2D eigenvalue weighted by molar-refractivity contribution is 9.10. The maximum Gasteiger partial charge on any atom is 0.257 e. The molecule has 2 aromatic carbocycles. The molecule has 0 aromatic heterocycles. The van der Waals surface area contributed by atoms with Crippen molar-refractivity contribution in [3.63, 3.8) is 0 Å². The molecule has 1 aliphatic rings. The zero-order valence-electron chi connectivity index (χ0n) is 11.4. The minimum Gasteiger partial charge on any atom is -0.378 e. The molecule has 0 saturated heterocycles. The van der Waals surface area contributed by atoms with Crippen LogP contribution in [0.4, 0.5) is 5.69 Å². The third-order valence-corrected chi connectivity index (χ3v) is 5.43. The Labute approximate surface area is 135 Å². The molecule has 0 spiro atoms. The first-order valence-electron chi connectivity index (χ1n) is 6.55. The molecule has 5 heteroatoms. The van der Waals surface area contributed by atoms with E-state index >= 15 is 0 Å². The monoisotopic (exact) mass is 363 g/mol. The number of hydrogen-bond donors (Lipinski definition) is 2. The van der Waals surface area contributed by atoms with Gasteiger partial charge in [-0.15, -0.1) is 11.8 Å². The Bertz CT molecular complexity index is 717. The quantitative estimate of drug-likeness (QED) is 0.809. The van der Waals surface area contributed by atoms with E-state index in [2.05, 4.69) is 52.4 Å². The molecule has 0 saturated carbocycles. The van der Waals surface area contributed by atoms with E-state index in [4.69, 9.17) is 0 Å². The molecule has 21 heavy (non-hydrogen) atoms. The zero-order chi connectivity index (χ0) is 15.0. The Morgan fingerprint density at radius 2 is 2.14 bits per heavy atom. The number of nitrogens with one attached hydrogen (secondary N) is 1. The Balaban J connectivity index is 1.81. The lowest BCUT2D eigenvalue weighted by Gasteiger charge is -2.09. The SMILES string of the molecule is Cc1cccc(CSc2cc3c(cc2Br)C(O)C(=O)N3)c1. The van der Waals surface area contributed by atoms with E-state index in [1.807, 2.05) is 12.1 Å². The van der Waals surface area contributed by atoms with Gasteiger partial charge >= 0.3 is 0 Å². The van der Waals surface area contributed by atoms with Gasteiger partial charge < -0.3 is 10.4 Å². The summed E-state index contributed by atoms with van der Waals surface area (Å²) in [5.74, 6) is 0.494. The van der Waals surface area contributed by atoms with Gasteiger partial charge in [0.2, 0.25) is 0 Å². The van der Waals surface area contributed by atoms with Crippen LogP contribution in [0.25, 0.3) is 0 Å². The van der Waals surface area contributed by atoms with Crippen LogP contribution in [0.3, 0.4) is 0 Å².